The summed E-state index contributed by atoms with van der Waals surface area (Å²) in [5.74, 6) is 1.02. The van der Waals surface area contributed by atoms with Gasteiger partial charge in [-0.1, -0.05) is 6.07 Å². The molecule has 0 saturated heterocycles. The average Bonchev–Trinajstić information content (AvgIpc) is 3.28. The van der Waals surface area contributed by atoms with E-state index in [0.29, 0.717) is 23.7 Å². The fourth-order valence-corrected chi connectivity index (χ4v) is 4.26. The molecule has 0 atom stereocenters. The molecule has 37 heavy (non-hydrogen) atoms. The van der Waals surface area contributed by atoms with Gasteiger partial charge in [0, 0.05) is 41.3 Å². The van der Waals surface area contributed by atoms with Crippen molar-refractivity contribution in [3.8, 4) is 22.4 Å². The predicted molar refractivity (Wildman–Crippen MR) is 144 cm³/mol. The largest absolute Gasteiger partial charge is 0.350 e. The van der Waals surface area contributed by atoms with Gasteiger partial charge in [-0.05, 0) is 94.6 Å². The Morgan fingerprint density at radius 3 is 2.41 bits per heavy atom. The second kappa shape index (κ2) is 10.0. The van der Waals surface area contributed by atoms with E-state index in [4.69, 9.17) is 15.1 Å². The van der Waals surface area contributed by atoms with Gasteiger partial charge in [-0.3, -0.25) is 9.97 Å². The van der Waals surface area contributed by atoms with E-state index >= 15 is 0 Å². The highest BCUT2D eigenvalue weighted by Crippen LogP contribution is 2.36. The molecule has 5 rings (SSSR count). The minimum Gasteiger partial charge on any atom is -0.350 e. The van der Waals surface area contributed by atoms with E-state index in [0.717, 1.165) is 46.7 Å². The number of halogens is 1. The van der Waals surface area contributed by atoms with E-state index in [1.54, 1.807) is 22.8 Å². The number of nitrogens with one attached hydrogen (secondary N) is 1. The lowest BCUT2D eigenvalue weighted by molar-refractivity contribution is 0.619. The molecule has 0 saturated carbocycles. The van der Waals surface area contributed by atoms with Gasteiger partial charge in [0.15, 0.2) is 11.5 Å². The third-order valence-electron chi connectivity index (χ3n) is 5.88. The highest BCUT2D eigenvalue weighted by atomic mass is 19.1. The van der Waals surface area contributed by atoms with Crippen molar-refractivity contribution in [2.45, 2.75) is 52.5 Å². The second-order valence-corrected chi connectivity index (χ2v) is 10.2. The molecule has 0 unspecified atom stereocenters. The van der Waals surface area contributed by atoms with Crippen LogP contribution in [0.15, 0.2) is 67.0 Å². The lowest BCUT2D eigenvalue weighted by Crippen LogP contribution is -2.28. The number of benzene rings is 1. The van der Waals surface area contributed by atoms with Crippen LogP contribution < -0.4 is 5.32 Å². The van der Waals surface area contributed by atoms with Crippen molar-refractivity contribution in [2.24, 2.45) is 0 Å². The monoisotopic (exact) mass is 495 g/mol. The Kier molecular flexibility index (Phi) is 6.65. The molecule has 4 heterocycles. The molecular weight excluding hydrogens is 465 g/mol. The number of aromatic nitrogens is 6. The van der Waals surface area contributed by atoms with Gasteiger partial charge >= 0.3 is 0 Å². The topological polar surface area (TPSA) is 80.9 Å². The lowest BCUT2D eigenvalue weighted by atomic mass is 10.00. The summed E-state index contributed by atoms with van der Waals surface area (Å²) in [6, 6.07) is 16.3. The fourth-order valence-electron chi connectivity index (χ4n) is 4.26. The van der Waals surface area contributed by atoms with Crippen molar-refractivity contribution in [1.29, 1.82) is 0 Å². The molecule has 5 aromatic rings. The van der Waals surface area contributed by atoms with Crippen LogP contribution in [0.3, 0.4) is 0 Å². The van der Waals surface area contributed by atoms with E-state index in [-0.39, 0.29) is 11.4 Å². The van der Waals surface area contributed by atoms with Crippen LogP contribution in [0.25, 0.3) is 28.0 Å². The summed E-state index contributed by atoms with van der Waals surface area (Å²) in [7, 11) is 0. The third-order valence-corrected chi connectivity index (χ3v) is 5.88. The molecular formula is C29H30FN7. The van der Waals surface area contributed by atoms with Gasteiger partial charge in [0.05, 0.1) is 11.3 Å². The van der Waals surface area contributed by atoms with Crippen LogP contribution >= 0.6 is 0 Å². The smallest absolute Gasteiger partial charge is 0.226 e. The Morgan fingerprint density at radius 1 is 0.892 bits per heavy atom. The van der Waals surface area contributed by atoms with Crippen molar-refractivity contribution in [3.05, 3.63) is 90.0 Å². The van der Waals surface area contributed by atoms with Gasteiger partial charge in [0.25, 0.3) is 0 Å². The summed E-state index contributed by atoms with van der Waals surface area (Å²) in [5, 5.41) is 8.35. The van der Waals surface area contributed by atoms with Crippen LogP contribution in [0.2, 0.25) is 0 Å². The van der Waals surface area contributed by atoms with Gasteiger partial charge in [-0.25, -0.2) is 14.4 Å². The van der Waals surface area contributed by atoms with Crippen LogP contribution in [-0.4, -0.2) is 35.1 Å². The predicted octanol–water partition coefficient (Wildman–Crippen LogP) is 6.08. The second-order valence-electron chi connectivity index (χ2n) is 10.2. The highest BCUT2D eigenvalue weighted by molar-refractivity contribution is 5.90. The normalized spacial score (nSPS) is 11.7. The van der Waals surface area contributed by atoms with Gasteiger partial charge in [0.1, 0.15) is 5.82 Å². The van der Waals surface area contributed by atoms with E-state index in [2.05, 4.69) is 36.1 Å². The number of aryl methyl sites for hydroxylation is 3. The molecule has 0 bridgehead atoms. The summed E-state index contributed by atoms with van der Waals surface area (Å²) >= 11 is 0. The summed E-state index contributed by atoms with van der Waals surface area (Å²) < 4.78 is 15.6. The Morgan fingerprint density at radius 2 is 1.70 bits per heavy atom. The Hall–Kier alpha value is -4.20. The number of anilines is 1. The first-order valence-electron chi connectivity index (χ1n) is 12.4. The molecule has 1 aromatic carbocycles. The molecule has 1 N–H and O–H groups in total. The Bertz CT molecular complexity index is 1520. The van der Waals surface area contributed by atoms with E-state index in [9.17, 15) is 4.39 Å². The van der Waals surface area contributed by atoms with Crippen molar-refractivity contribution in [2.75, 3.05) is 5.32 Å². The van der Waals surface area contributed by atoms with E-state index in [1.165, 1.54) is 12.1 Å². The summed E-state index contributed by atoms with van der Waals surface area (Å²) in [6.07, 6.45) is 6.01. The number of hydrogen-bond donors (Lipinski definition) is 1. The first kappa shape index (κ1) is 24.5. The van der Waals surface area contributed by atoms with Crippen LogP contribution in [0.4, 0.5) is 10.3 Å². The van der Waals surface area contributed by atoms with E-state index < -0.39 is 0 Å². The molecule has 0 aliphatic rings. The molecule has 0 fully saturated rings. The molecule has 7 nitrogen and oxygen atoms in total. The van der Waals surface area contributed by atoms with Crippen LogP contribution in [0.1, 0.15) is 44.4 Å². The van der Waals surface area contributed by atoms with Gasteiger partial charge in [-0.2, -0.15) is 4.52 Å². The minimum atomic E-state index is -0.295. The highest BCUT2D eigenvalue weighted by Gasteiger charge is 2.23. The van der Waals surface area contributed by atoms with Crippen LogP contribution in [0, 0.1) is 12.7 Å². The number of fused-ring (bicyclic) bond motifs is 1. The average molecular weight is 496 g/mol. The Labute approximate surface area is 215 Å². The quantitative estimate of drug-likeness (QED) is 0.295. The summed E-state index contributed by atoms with van der Waals surface area (Å²) in [5.41, 5.74) is 5.63. The molecule has 0 radical (unpaired) electrons. The maximum Gasteiger partial charge on any atom is 0.226 e. The third kappa shape index (κ3) is 5.63. The number of pyridine rings is 2. The zero-order chi connectivity index (χ0) is 26.0. The molecule has 0 aliphatic heterocycles. The molecule has 8 heteroatoms. The van der Waals surface area contributed by atoms with Crippen molar-refractivity contribution >= 4 is 11.6 Å². The minimum absolute atomic E-state index is 0.264. The molecule has 0 aliphatic carbocycles. The number of rotatable bonds is 7. The molecule has 188 valence electrons. The SMILES string of the molecule is Cc1cc(-c2c(-c3ccc(F)cc3)nc(NC(C)(C)C)n3nc(CCCc4ccccn4)nc23)ccn1. The first-order chi connectivity index (χ1) is 17.8. The van der Waals surface area contributed by atoms with Gasteiger partial charge in [-0.15, -0.1) is 5.10 Å². The van der Waals surface area contributed by atoms with Gasteiger partial charge in [0.2, 0.25) is 5.95 Å². The maximum atomic E-state index is 13.8. The number of nitrogens with zero attached hydrogens (tertiary/aromatic N) is 6. The van der Waals surface area contributed by atoms with Crippen molar-refractivity contribution < 1.29 is 4.39 Å². The zero-order valence-corrected chi connectivity index (χ0v) is 21.5. The van der Waals surface area contributed by atoms with Crippen LogP contribution in [-0.2, 0) is 12.8 Å². The first-order valence-corrected chi connectivity index (χ1v) is 12.4. The maximum absolute atomic E-state index is 13.8. The van der Waals surface area contributed by atoms with Crippen molar-refractivity contribution in [1.82, 2.24) is 29.5 Å². The van der Waals surface area contributed by atoms with Crippen molar-refractivity contribution in [3.63, 3.8) is 0 Å². The summed E-state index contributed by atoms with van der Waals surface area (Å²) in [6.45, 7) is 8.17. The fraction of sp³-hybridized carbons (Fsp3) is 0.276. The molecule has 0 amide bonds. The Balaban J connectivity index is 1.67. The molecule has 0 spiro atoms. The summed E-state index contributed by atoms with van der Waals surface area (Å²) in [4.78, 5) is 18.8. The lowest BCUT2D eigenvalue weighted by Gasteiger charge is -2.23. The zero-order valence-electron chi connectivity index (χ0n) is 21.5. The van der Waals surface area contributed by atoms with Crippen LogP contribution in [0.5, 0.6) is 0 Å². The standard InChI is InChI=1S/C29H30FN7/c1-19-18-21(15-17-31-19)25-26(20-11-13-22(30)14-12-20)34-28(35-29(2,3)4)37-27(25)33-24(36-37)10-7-9-23-8-5-6-16-32-23/h5-6,8,11-18H,7,9-10H2,1-4H3,(H,34,35). The number of hydrogen-bond acceptors (Lipinski definition) is 6. The van der Waals surface area contributed by atoms with Gasteiger partial charge < -0.3 is 5.32 Å². The van der Waals surface area contributed by atoms with E-state index in [1.807, 2.05) is 43.5 Å². The molecule has 4 aromatic heterocycles.